The van der Waals surface area contributed by atoms with Crippen LogP contribution >= 0.6 is 11.6 Å². The second kappa shape index (κ2) is 5.86. The van der Waals surface area contributed by atoms with Crippen LogP contribution in [0.1, 0.15) is 20.3 Å². The van der Waals surface area contributed by atoms with Crippen molar-refractivity contribution in [2.24, 2.45) is 0 Å². The number of nitrogens with one attached hydrogen (secondary N) is 1. The lowest BCUT2D eigenvalue weighted by Gasteiger charge is -2.12. The van der Waals surface area contributed by atoms with Crippen molar-refractivity contribution in [3.63, 3.8) is 0 Å². The molecule has 5 nitrogen and oxygen atoms in total. The van der Waals surface area contributed by atoms with Crippen LogP contribution in [0.3, 0.4) is 0 Å². The smallest absolute Gasteiger partial charge is 0.287 e. The van der Waals surface area contributed by atoms with E-state index in [-0.39, 0.29) is 10.6 Å². The van der Waals surface area contributed by atoms with Gasteiger partial charge in [-0.15, -0.1) is 0 Å². The Morgan fingerprint density at radius 2 is 2.31 bits per heavy atom. The normalized spacial score (nSPS) is 12.5. The third-order valence-electron chi connectivity index (χ3n) is 2.28. The lowest BCUT2D eigenvalue weighted by Crippen LogP contribution is -2.25. The zero-order chi connectivity index (χ0) is 12.1. The maximum atomic E-state index is 11.6. The Balaban J connectivity index is 2.83. The first-order valence-corrected chi connectivity index (χ1v) is 5.65. The van der Waals surface area contributed by atoms with Crippen molar-refractivity contribution in [1.29, 1.82) is 0 Å². The molecule has 1 aromatic heterocycles. The summed E-state index contributed by atoms with van der Waals surface area (Å²) >= 11 is 5.89. The van der Waals surface area contributed by atoms with Crippen LogP contribution in [0.4, 0.5) is 5.69 Å². The van der Waals surface area contributed by atoms with E-state index in [2.05, 4.69) is 10.4 Å². The van der Waals surface area contributed by atoms with E-state index in [0.717, 1.165) is 0 Å². The number of hydrogen-bond donors (Lipinski definition) is 2. The Hall–Kier alpha value is -1.07. The number of aliphatic hydroxyl groups is 1. The molecule has 0 saturated carbocycles. The third-order valence-corrected chi connectivity index (χ3v) is 2.65. The monoisotopic (exact) mass is 245 g/mol. The van der Waals surface area contributed by atoms with E-state index in [0.29, 0.717) is 25.2 Å². The van der Waals surface area contributed by atoms with Crippen molar-refractivity contribution in [3.05, 3.63) is 21.6 Å². The summed E-state index contributed by atoms with van der Waals surface area (Å²) < 4.78 is 1.28. The highest BCUT2D eigenvalue weighted by Crippen LogP contribution is 2.15. The van der Waals surface area contributed by atoms with Gasteiger partial charge in [-0.25, -0.2) is 4.68 Å². The van der Waals surface area contributed by atoms with E-state index in [1.54, 1.807) is 0 Å². The molecule has 0 radical (unpaired) electrons. The number of nitrogens with zero attached hydrogens (tertiary/aromatic N) is 2. The van der Waals surface area contributed by atoms with Gasteiger partial charge in [0.05, 0.1) is 18.0 Å². The second-order valence-electron chi connectivity index (χ2n) is 3.44. The highest BCUT2D eigenvalue weighted by molar-refractivity contribution is 6.32. The Morgan fingerprint density at radius 3 is 2.88 bits per heavy atom. The van der Waals surface area contributed by atoms with Crippen LogP contribution < -0.4 is 10.9 Å². The molecule has 1 rings (SSSR count). The molecule has 0 aliphatic heterocycles. The Bertz CT molecular complexity index is 406. The van der Waals surface area contributed by atoms with Crippen LogP contribution in [0.25, 0.3) is 0 Å². The molecule has 1 unspecified atom stereocenters. The molecule has 0 spiro atoms. The fraction of sp³-hybridized carbons (Fsp3) is 0.600. The Labute approximate surface area is 99.0 Å². The molecule has 0 aromatic carbocycles. The molecule has 0 bridgehead atoms. The molecule has 0 saturated heterocycles. The molecule has 1 atom stereocenters. The highest BCUT2D eigenvalue weighted by Gasteiger charge is 2.09. The van der Waals surface area contributed by atoms with Crippen LogP contribution in [0.15, 0.2) is 11.0 Å². The third kappa shape index (κ3) is 2.96. The fourth-order valence-corrected chi connectivity index (χ4v) is 1.40. The Morgan fingerprint density at radius 1 is 1.62 bits per heavy atom. The maximum absolute atomic E-state index is 11.6. The molecule has 6 heteroatoms. The van der Waals surface area contributed by atoms with E-state index >= 15 is 0 Å². The van der Waals surface area contributed by atoms with Gasteiger partial charge in [-0.2, -0.15) is 5.10 Å². The summed E-state index contributed by atoms with van der Waals surface area (Å²) in [6, 6.07) is 0. The van der Waals surface area contributed by atoms with Gasteiger partial charge in [0, 0.05) is 13.1 Å². The second-order valence-corrected chi connectivity index (χ2v) is 3.81. The summed E-state index contributed by atoms with van der Waals surface area (Å²) in [6.45, 7) is 4.53. The van der Waals surface area contributed by atoms with Crippen LogP contribution in [-0.4, -0.2) is 27.5 Å². The molecular formula is C10H16ClN3O2. The van der Waals surface area contributed by atoms with Crippen molar-refractivity contribution in [3.8, 4) is 0 Å². The summed E-state index contributed by atoms with van der Waals surface area (Å²) in [5, 5.41) is 16.3. The Kier molecular flexibility index (Phi) is 4.76. The van der Waals surface area contributed by atoms with Gasteiger partial charge in [0.2, 0.25) is 0 Å². The SMILES string of the molecule is CCC(O)CNc1cnn(CC)c(=O)c1Cl. The zero-order valence-corrected chi connectivity index (χ0v) is 10.2. The van der Waals surface area contributed by atoms with E-state index in [4.69, 9.17) is 11.6 Å². The largest absolute Gasteiger partial charge is 0.391 e. The molecule has 0 fully saturated rings. The minimum atomic E-state index is -0.454. The number of aryl methyl sites for hydroxylation is 1. The first-order chi connectivity index (χ1) is 7.60. The average molecular weight is 246 g/mol. The molecule has 0 aliphatic rings. The highest BCUT2D eigenvalue weighted by atomic mass is 35.5. The lowest BCUT2D eigenvalue weighted by molar-refractivity contribution is 0.183. The molecule has 1 aromatic rings. The standard InChI is InChI=1S/C10H16ClN3O2/c1-3-7(15)5-12-8-6-13-14(4-2)10(16)9(8)11/h6-7,12,15H,3-5H2,1-2H3. The molecule has 90 valence electrons. The van der Waals surface area contributed by atoms with Crippen LogP contribution in [0.2, 0.25) is 5.02 Å². The summed E-state index contributed by atoms with van der Waals surface area (Å²) in [5.74, 6) is 0. The van der Waals surface area contributed by atoms with Gasteiger partial charge < -0.3 is 10.4 Å². The lowest BCUT2D eigenvalue weighted by atomic mass is 10.3. The van der Waals surface area contributed by atoms with Gasteiger partial charge in [0.15, 0.2) is 0 Å². The topological polar surface area (TPSA) is 67.2 Å². The van der Waals surface area contributed by atoms with E-state index in [1.165, 1.54) is 10.9 Å². The van der Waals surface area contributed by atoms with Crippen molar-refractivity contribution in [2.45, 2.75) is 32.9 Å². The molecule has 2 N–H and O–H groups in total. The van der Waals surface area contributed by atoms with E-state index in [1.807, 2.05) is 13.8 Å². The number of aromatic nitrogens is 2. The van der Waals surface area contributed by atoms with Crippen LogP contribution in [0, 0.1) is 0 Å². The van der Waals surface area contributed by atoms with Crippen molar-refractivity contribution < 1.29 is 5.11 Å². The van der Waals surface area contributed by atoms with E-state index < -0.39 is 6.10 Å². The molecule has 16 heavy (non-hydrogen) atoms. The number of aliphatic hydroxyl groups excluding tert-OH is 1. The van der Waals surface area contributed by atoms with Gasteiger partial charge in [0.25, 0.3) is 5.56 Å². The number of rotatable bonds is 5. The molecule has 1 heterocycles. The predicted octanol–water partition coefficient (Wildman–Crippen LogP) is 1.10. The summed E-state index contributed by atoms with van der Waals surface area (Å²) in [4.78, 5) is 11.6. The molecule has 0 aliphatic carbocycles. The quantitative estimate of drug-likeness (QED) is 0.815. The first-order valence-electron chi connectivity index (χ1n) is 5.27. The van der Waals surface area contributed by atoms with Crippen molar-refractivity contribution in [2.75, 3.05) is 11.9 Å². The average Bonchev–Trinajstić information content (AvgIpc) is 2.30. The molecular weight excluding hydrogens is 230 g/mol. The predicted molar refractivity (Wildman–Crippen MR) is 64.0 cm³/mol. The van der Waals surface area contributed by atoms with Crippen LogP contribution in [0.5, 0.6) is 0 Å². The minimum absolute atomic E-state index is 0.111. The molecule has 0 amide bonds. The minimum Gasteiger partial charge on any atom is -0.391 e. The maximum Gasteiger partial charge on any atom is 0.287 e. The first kappa shape index (κ1) is 13.0. The van der Waals surface area contributed by atoms with Crippen molar-refractivity contribution in [1.82, 2.24) is 9.78 Å². The fourth-order valence-electron chi connectivity index (χ4n) is 1.19. The van der Waals surface area contributed by atoms with Gasteiger partial charge >= 0.3 is 0 Å². The number of anilines is 1. The number of hydrogen-bond acceptors (Lipinski definition) is 4. The van der Waals surface area contributed by atoms with Gasteiger partial charge in [0.1, 0.15) is 5.02 Å². The van der Waals surface area contributed by atoms with Crippen LogP contribution in [-0.2, 0) is 6.54 Å². The number of halogens is 1. The summed E-state index contributed by atoms with van der Waals surface area (Å²) in [7, 11) is 0. The zero-order valence-electron chi connectivity index (χ0n) is 9.40. The summed E-state index contributed by atoms with van der Waals surface area (Å²) in [6.07, 6.45) is 1.68. The van der Waals surface area contributed by atoms with Gasteiger partial charge in [-0.3, -0.25) is 4.79 Å². The summed E-state index contributed by atoms with van der Waals surface area (Å²) in [5.41, 5.74) is 0.143. The van der Waals surface area contributed by atoms with E-state index in [9.17, 15) is 9.90 Å². The van der Waals surface area contributed by atoms with Gasteiger partial charge in [-0.1, -0.05) is 18.5 Å². The van der Waals surface area contributed by atoms with Crippen molar-refractivity contribution >= 4 is 17.3 Å². The van der Waals surface area contributed by atoms with Gasteiger partial charge in [-0.05, 0) is 13.3 Å².